The van der Waals surface area contributed by atoms with Crippen LogP contribution in [0.15, 0.2) is 49.0 Å². The molecular weight excluding hydrogens is 304 g/mol. The molecule has 1 heterocycles. The number of fused-ring (bicyclic) bond motifs is 1. The van der Waals surface area contributed by atoms with E-state index in [1.165, 1.54) is 0 Å². The Bertz CT molecular complexity index is 857. The first-order chi connectivity index (χ1) is 11.8. The number of amides is 1. The summed E-state index contributed by atoms with van der Waals surface area (Å²) in [6.45, 7) is 5.13. The van der Waals surface area contributed by atoms with Crippen LogP contribution in [-0.2, 0) is 11.3 Å². The average molecular weight is 322 g/mol. The first-order valence-corrected chi connectivity index (χ1v) is 7.64. The molecule has 6 heteroatoms. The molecule has 0 aliphatic rings. The zero-order chi connectivity index (χ0) is 16.8. The summed E-state index contributed by atoms with van der Waals surface area (Å²) in [6, 6.07) is 13.2. The van der Waals surface area contributed by atoms with E-state index in [2.05, 4.69) is 27.3 Å². The summed E-state index contributed by atoms with van der Waals surface area (Å²) < 4.78 is 5.59. The smallest absolute Gasteiger partial charge is 0.251 e. The molecule has 0 bridgehead atoms. The van der Waals surface area contributed by atoms with Gasteiger partial charge in [-0.3, -0.25) is 4.79 Å². The molecule has 0 atom stereocenters. The molecule has 0 unspecified atom stereocenters. The van der Waals surface area contributed by atoms with Gasteiger partial charge in [-0.2, -0.15) is 15.4 Å². The van der Waals surface area contributed by atoms with E-state index in [4.69, 9.17) is 4.74 Å². The fraction of sp³-hybridized carbons (Fsp3) is 0.167. The minimum absolute atomic E-state index is 0.155. The number of nitrogens with zero attached hydrogens (tertiary/aromatic N) is 2. The van der Waals surface area contributed by atoms with Crippen molar-refractivity contribution in [2.24, 2.45) is 0 Å². The van der Waals surface area contributed by atoms with E-state index in [9.17, 15) is 4.79 Å². The van der Waals surface area contributed by atoms with Crippen LogP contribution in [0.4, 0.5) is 0 Å². The monoisotopic (exact) mass is 322 g/mol. The number of rotatable bonds is 7. The van der Waals surface area contributed by atoms with E-state index >= 15 is 0 Å². The van der Waals surface area contributed by atoms with E-state index in [-0.39, 0.29) is 5.91 Å². The fourth-order valence-electron chi connectivity index (χ4n) is 2.32. The molecular formula is C18H18N4O2. The number of H-pyrrole nitrogens is 1. The number of hydrogen-bond acceptors (Lipinski definition) is 4. The molecule has 0 saturated heterocycles. The summed E-state index contributed by atoms with van der Waals surface area (Å²) in [5, 5.41) is 13.3. The lowest BCUT2D eigenvalue weighted by Crippen LogP contribution is -2.27. The Morgan fingerprint density at radius 3 is 2.96 bits per heavy atom. The summed E-state index contributed by atoms with van der Waals surface area (Å²) in [5.41, 5.74) is 4.09. The van der Waals surface area contributed by atoms with Crippen LogP contribution in [0.5, 0.6) is 0 Å². The Balaban J connectivity index is 1.44. The molecule has 2 aromatic carbocycles. The highest BCUT2D eigenvalue weighted by Gasteiger charge is 2.07. The van der Waals surface area contributed by atoms with Crippen molar-refractivity contribution in [2.45, 2.75) is 6.61 Å². The van der Waals surface area contributed by atoms with Crippen LogP contribution in [0.25, 0.3) is 17.1 Å². The van der Waals surface area contributed by atoms with Gasteiger partial charge < -0.3 is 10.1 Å². The van der Waals surface area contributed by atoms with Gasteiger partial charge in [-0.25, -0.2) is 0 Å². The van der Waals surface area contributed by atoms with Gasteiger partial charge in [-0.15, -0.1) is 0 Å². The van der Waals surface area contributed by atoms with Crippen molar-refractivity contribution in [3.63, 3.8) is 0 Å². The lowest BCUT2D eigenvalue weighted by molar-refractivity contribution is 0.0901. The Morgan fingerprint density at radius 2 is 2.08 bits per heavy atom. The molecule has 0 fully saturated rings. The maximum atomic E-state index is 12.1. The van der Waals surface area contributed by atoms with Gasteiger partial charge in [-0.1, -0.05) is 30.9 Å². The predicted octanol–water partition coefficient (Wildman–Crippen LogP) is 2.55. The van der Waals surface area contributed by atoms with Crippen molar-refractivity contribution < 1.29 is 9.53 Å². The number of carbonyl (C=O) groups is 1. The second-order valence-corrected chi connectivity index (χ2v) is 5.28. The normalized spacial score (nSPS) is 10.7. The van der Waals surface area contributed by atoms with Crippen molar-refractivity contribution in [1.82, 2.24) is 20.7 Å². The SMILES string of the molecule is C=Cc1cccc(COCCNC(=O)c2ccc3n[nH]nc3c2)c1. The van der Waals surface area contributed by atoms with Gasteiger partial charge in [0.15, 0.2) is 0 Å². The second-order valence-electron chi connectivity index (χ2n) is 5.28. The van der Waals surface area contributed by atoms with Gasteiger partial charge in [0.25, 0.3) is 5.91 Å². The van der Waals surface area contributed by atoms with Gasteiger partial charge in [0, 0.05) is 12.1 Å². The van der Waals surface area contributed by atoms with Crippen LogP contribution in [0.2, 0.25) is 0 Å². The van der Waals surface area contributed by atoms with E-state index in [0.717, 1.165) is 16.6 Å². The molecule has 24 heavy (non-hydrogen) atoms. The number of carbonyl (C=O) groups excluding carboxylic acids is 1. The number of ether oxygens (including phenoxy) is 1. The molecule has 1 amide bonds. The summed E-state index contributed by atoms with van der Waals surface area (Å²) in [4.78, 5) is 12.1. The quantitative estimate of drug-likeness (QED) is 0.655. The third-order valence-electron chi connectivity index (χ3n) is 3.57. The van der Waals surface area contributed by atoms with Gasteiger partial charge in [0.1, 0.15) is 11.0 Å². The number of aromatic amines is 1. The Labute approximate surface area is 139 Å². The highest BCUT2D eigenvalue weighted by atomic mass is 16.5. The van der Waals surface area contributed by atoms with Crippen molar-refractivity contribution in [3.8, 4) is 0 Å². The van der Waals surface area contributed by atoms with Crippen molar-refractivity contribution >= 4 is 23.0 Å². The van der Waals surface area contributed by atoms with Gasteiger partial charge in [0.05, 0.1) is 13.2 Å². The van der Waals surface area contributed by atoms with Crippen LogP contribution >= 0.6 is 0 Å². The van der Waals surface area contributed by atoms with E-state index in [1.54, 1.807) is 24.3 Å². The van der Waals surface area contributed by atoms with E-state index < -0.39 is 0 Å². The summed E-state index contributed by atoms with van der Waals surface area (Å²) >= 11 is 0. The summed E-state index contributed by atoms with van der Waals surface area (Å²) in [7, 11) is 0. The lowest BCUT2D eigenvalue weighted by atomic mass is 10.1. The molecule has 0 aliphatic heterocycles. The summed E-state index contributed by atoms with van der Waals surface area (Å²) in [5.74, 6) is -0.155. The van der Waals surface area contributed by atoms with E-state index in [1.807, 2.05) is 24.3 Å². The molecule has 122 valence electrons. The highest BCUT2D eigenvalue weighted by Crippen LogP contribution is 2.10. The number of nitrogens with one attached hydrogen (secondary N) is 2. The standard InChI is InChI=1S/C18H18N4O2/c1-2-13-4-3-5-14(10-13)12-24-9-8-19-18(23)15-6-7-16-17(11-15)21-22-20-16/h2-7,10-11H,1,8-9,12H2,(H,19,23)(H,20,21,22). The van der Waals surface area contributed by atoms with E-state index in [0.29, 0.717) is 30.8 Å². The van der Waals surface area contributed by atoms with Crippen LogP contribution in [0, 0.1) is 0 Å². The Hall–Kier alpha value is -2.99. The van der Waals surface area contributed by atoms with Crippen LogP contribution in [0.3, 0.4) is 0 Å². The molecule has 3 rings (SSSR count). The second kappa shape index (κ2) is 7.52. The van der Waals surface area contributed by atoms with Gasteiger partial charge >= 0.3 is 0 Å². The maximum absolute atomic E-state index is 12.1. The Kier molecular flexibility index (Phi) is 4.98. The third-order valence-corrected chi connectivity index (χ3v) is 3.57. The Morgan fingerprint density at radius 1 is 1.21 bits per heavy atom. The maximum Gasteiger partial charge on any atom is 0.251 e. The average Bonchev–Trinajstić information content (AvgIpc) is 3.09. The first-order valence-electron chi connectivity index (χ1n) is 7.64. The zero-order valence-electron chi connectivity index (χ0n) is 13.2. The van der Waals surface area contributed by atoms with Gasteiger partial charge in [0.2, 0.25) is 0 Å². The predicted molar refractivity (Wildman–Crippen MR) is 92.4 cm³/mol. The molecule has 2 N–H and O–H groups in total. The van der Waals surface area contributed by atoms with Crippen LogP contribution in [0.1, 0.15) is 21.5 Å². The fourth-order valence-corrected chi connectivity index (χ4v) is 2.32. The van der Waals surface area contributed by atoms with Crippen molar-refractivity contribution in [1.29, 1.82) is 0 Å². The number of benzene rings is 2. The molecule has 0 spiro atoms. The third kappa shape index (κ3) is 3.85. The number of aromatic nitrogens is 3. The molecule has 0 saturated carbocycles. The largest absolute Gasteiger partial charge is 0.375 e. The minimum atomic E-state index is -0.155. The topological polar surface area (TPSA) is 79.9 Å². The number of hydrogen-bond donors (Lipinski definition) is 2. The minimum Gasteiger partial charge on any atom is -0.375 e. The molecule has 1 aromatic heterocycles. The van der Waals surface area contributed by atoms with Crippen molar-refractivity contribution in [3.05, 3.63) is 65.7 Å². The lowest BCUT2D eigenvalue weighted by Gasteiger charge is -2.07. The molecule has 0 radical (unpaired) electrons. The van der Waals surface area contributed by atoms with Crippen molar-refractivity contribution in [2.75, 3.05) is 13.2 Å². The first kappa shape index (κ1) is 15.9. The zero-order valence-corrected chi connectivity index (χ0v) is 13.2. The molecule has 0 aliphatic carbocycles. The molecule has 3 aromatic rings. The molecule has 6 nitrogen and oxygen atoms in total. The van der Waals surface area contributed by atoms with Gasteiger partial charge in [-0.05, 0) is 35.4 Å². The highest BCUT2D eigenvalue weighted by molar-refractivity contribution is 5.97. The summed E-state index contributed by atoms with van der Waals surface area (Å²) in [6.07, 6.45) is 1.80. The van der Waals surface area contributed by atoms with Crippen LogP contribution in [-0.4, -0.2) is 34.5 Å². The van der Waals surface area contributed by atoms with Crippen LogP contribution < -0.4 is 5.32 Å².